The van der Waals surface area contributed by atoms with Crippen LogP contribution in [0, 0.1) is 5.41 Å². The second-order valence-corrected chi connectivity index (χ2v) is 7.24. The molecule has 7 heteroatoms. The lowest BCUT2D eigenvalue weighted by Crippen LogP contribution is -2.47. The lowest BCUT2D eigenvalue weighted by Gasteiger charge is -2.42. The molecule has 2 N–H and O–H groups in total. The molecule has 0 radical (unpaired) electrons. The Morgan fingerprint density at radius 1 is 1.11 bits per heavy atom. The maximum absolute atomic E-state index is 5.37. The van der Waals surface area contributed by atoms with Crippen molar-refractivity contribution >= 4 is 29.9 Å². The Kier molecular flexibility index (Phi) is 11.6. The Balaban J connectivity index is 0.00000392. The van der Waals surface area contributed by atoms with Crippen LogP contribution in [0.1, 0.15) is 37.7 Å². The Morgan fingerprint density at radius 2 is 1.86 bits per heavy atom. The number of aliphatic imine (C=N–C) groups is 1. The van der Waals surface area contributed by atoms with Gasteiger partial charge in [-0.25, -0.2) is 0 Å². The molecule has 1 fully saturated rings. The number of hydrogen-bond acceptors (Lipinski definition) is 4. The number of benzene rings is 1. The van der Waals surface area contributed by atoms with E-state index in [-0.39, 0.29) is 24.0 Å². The standard InChI is InChI=1S/C21H35N3O3.HI/c1-22-20(24-16-21(10-6-11-21)12-14-25-2)23-13-5-7-17-8-9-18(26-3)19(15-17)27-4;/h8-9,15H,5-7,10-14,16H2,1-4H3,(H2,22,23,24);1H. The van der Waals surface area contributed by atoms with Crippen LogP contribution in [0.5, 0.6) is 11.5 Å². The van der Waals surface area contributed by atoms with Crippen LogP contribution < -0.4 is 20.1 Å². The Labute approximate surface area is 186 Å². The smallest absolute Gasteiger partial charge is 0.190 e. The van der Waals surface area contributed by atoms with E-state index in [4.69, 9.17) is 14.2 Å². The van der Waals surface area contributed by atoms with Gasteiger partial charge in [0.25, 0.3) is 0 Å². The summed E-state index contributed by atoms with van der Waals surface area (Å²) < 4.78 is 15.9. The van der Waals surface area contributed by atoms with Gasteiger partial charge in [0.2, 0.25) is 0 Å². The van der Waals surface area contributed by atoms with E-state index < -0.39 is 0 Å². The van der Waals surface area contributed by atoms with Gasteiger partial charge in [-0.1, -0.05) is 12.5 Å². The molecule has 1 aromatic rings. The van der Waals surface area contributed by atoms with Crippen molar-refractivity contribution in [3.63, 3.8) is 0 Å². The first-order valence-corrected chi connectivity index (χ1v) is 9.81. The molecule has 0 spiro atoms. The van der Waals surface area contributed by atoms with Crippen LogP contribution in [0.2, 0.25) is 0 Å². The Morgan fingerprint density at radius 3 is 2.43 bits per heavy atom. The Bertz CT molecular complexity index is 607. The van der Waals surface area contributed by atoms with Crippen LogP contribution in [0.25, 0.3) is 0 Å². The van der Waals surface area contributed by atoms with Gasteiger partial charge < -0.3 is 24.8 Å². The highest BCUT2D eigenvalue weighted by atomic mass is 127. The van der Waals surface area contributed by atoms with E-state index in [2.05, 4.69) is 21.7 Å². The number of nitrogens with one attached hydrogen (secondary N) is 2. The van der Waals surface area contributed by atoms with E-state index in [0.29, 0.717) is 5.41 Å². The van der Waals surface area contributed by atoms with E-state index >= 15 is 0 Å². The number of halogens is 1. The van der Waals surface area contributed by atoms with E-state index in [0.717, 1.165) is 56.4 Å². The van der Waals surface area contributed by atoms with Crippen molar-refractivity contribution in [1.82, 2.24) is 10.6 Å². The topological polar surface area (TPSA) is 64.1 Å². The summed E-state index contributed by atoms with van der Waals surface area (Å²) in [6.45, 7) is 2.67. The van der Waals surface area contributed by atoms with E-state index in [1.54, 1.807) is 21.3 Å². The minimum Gasteiger partial charge on any atom is -0.493 e. The molecule has 6 nitrogen and oxygen atoms in total. The third-order valence-corrected chi connectivity index (χ3v) is 5.49. The fourth-order valence-electron chi connectivity index (χ4n) is 3.54. The molecule has 0 unspecified atom stereocenters. The van der Waals surface area contributed by atoms with Gasteiger partial charge in [-0.3, -0.25) is 4.99 Å². The molecule has 1 aromatic carbocycles. The van der Waals surface area contributed by atoms with Crippen molar-refractivity contribution in [2.75, 3.05) is 48.1 Å². The summed E-state index contributed by atoms with van der Waals surface area (Å²) in [5.41, 5.74) is 1.62. The lowest BCUT2D eigenvalue weighted by molar-refractivity contribution is 0.0732. The number of hydrogen-bond donors (Lipinski definition) is 2. The van der Waals surface area contributed by atoms with Gasteiger partial charge in [-0.2, -0.15) is 0 Å². The fraction of sp³-hybridized carbons (Fsp3) is 0.667. The van der Waals surface area contributed by atoms with Crippen molar-refractivity contribution in [2.45, 2.75) is 38.5 Å². The molecule has 0 saturated heterocycles. The van der Waals surface area contributed by atoms with E-state index in [1.807, 2.05) is 19.2 Å². The molecule has 0 amide bonds. The summed E-state index contributed by atoms with van der Waals surface area (Å²) >= 11 is 0. The fourth-order valence-corrected chi connectivity index (χ4v) is 3.54. The molecule has 0 bridgehead atoms. The van der Waals surface area contributed by atoms with Crippen molar-refractivity contribution in [3.05, 3.63) is 23.8 Å². The molecule has 1 saturated carbocycles. The summed E-state index contributed by atoms with van der Waals surface area (Å²) in [5, 5.41) is 6.92. The summed E-state index contributed by atoms with van der Waals surface area (Å²) in [5.74, 6) is 2.43. The zero-order chi connectivity index (χ0) is 19.5. The second-order valence-electron chi connectivity index (χ2n) is 7.24. The highest BCUT2D eigenvalue weighted by Gasteiger charge is 2.36. The normalized spacial score (nSPS) is 15.2. The first-order chi connectivity index (χ1) is 13.2. The van der Waals surface area contributed by atoms with Crippen LogP contribution >= 0.6 is 24.0 Å². The van der Waals surface area contributed by atoms with Crippen molar-refractivity contribution in [1.29, 1.82) is 0 Å². The molecule has 160 valence electrons. The molecule has 2 rings (SSSR count). The number of guanidine groups is 1. The number of ether oxygens (including phenoxy) is 3. The van der Waals surface area contributed by atoms with Crippen LogP contribution in [-0.4, -0.2) is 54.0 Å². The molecule has 1 aliphatic rings. The highest BCUT2D eigenvalue weighted by Crippen LogP contribution is 2.43. The minimum absolute atomic E-state index is 0. The predicted octanol–water partition coefficient (Wildman–Crippen LogP) is 3.63. The lowest BCUT2D eigenvalue weighted by atomic mass is 9.67. The van der Waals surface area contributed by atoms with Crippen LogP contribution in [0.15, 0.2) is 23.2 Å². The zero-order valence-corrected chi connectivity index (χ0v) is 20.0. The van der Waals surface area contributed by atoms with Gasteiger partial charge in [-0.05, 0) is 55.2 Å². The average molecular weight is 505 g/mol. The van der Waals surface area contributed by atoms with Crippen molar-refractivity contribution in [2.24, 2.45) is 10.4 Å². The van der Waals surface area contributed by atoms with Gasteiger partial charge >= 0.3 is 0 Å². The highest BCUT2D eigenvalue weighted by molar-refractivity contribution is 14.0. The summed E-state index contributed by atoms with van der Waals surface area (Å²) in [6, 6.07) is 6.09. The Hall–Kier alpha value is -1.22. The third kappa shape index (κ3) is 7.31. The van der Waals surface area contributed by atoms with Crippen LogP contribution in [0.3, 0.4) is 0 Å². The molecular formula is C21H36IN3O3. The number of aryl methyl sites for hydroxylation is 1. The maximum atomic E-state index is 5.37. The van der Waals surface area contributed by atoms with E-state index in [1.165, 1.54) is 24.8 Å². The predicted molar refractivity (Wildman–Crippen MR) is 125 cm³/mol. The minimum atomic E-state index is 0. The quantitative estimate of drug-likeness (QED) is 0.208. The molecule has 0 aliphatic heterocycles. The third-order valence-electron chi connectivity index (χ3n) is 5.49. The number of methoxy groups -OCH3 is 3. The number of nitrogens with zero attached hydrogens (tertiary/aromatic N) is 1. The van der Waals surface area contributed by atoms with Crippen molar-refractivity contribution in [3.8, 4) is 11.5 Å². The van der Waals surface area contributed by atoms with Gasteiger partial charge in [0.1, 0.15) is 0 Å². The van der Waals surface area contributed by atoms with Gasteiger partial charge in [0.15, 0.2) is 17.5 Å². The number of rotatable bonds is 11. The average Bonchev–Trinajstić information content (AvgIpc) is 2.68. The molecule has 0 aromatic heterocycles. The monoisotopic (exact) mass is 505 g/mol. The summed E-state index contributed by atoms with van der Waals surface area (Å²) in [7, 11) is 6.92. The molecule has 1 aliphatic carbocycles. The molecule has 28 heavy (non-hydrogen) atoms. The van der Waals surface area contributed by atoms with Gasteiger partial charge in [-0.15, -0.1) is 24.0 Å². The van der Waals surface area contributed by atoms with Gasteiger partial charge in [0, 0.05) is 33.9 Å². The summed E-state index contributed by atoms with van der Waals surface area (Å²) in [4.78, 5) is 4.35. The van der Waals surface area contributed by atoms with Crippen LogP contribution in [-0.2, 0) is 11.2 Å². The van der Waals surface area contributed by atoms with E-state index in [9.17, 15) is 0 Å². The zero-order valence-electron chi connectivity index (χ0n) is 17.7. The summed E-state index contributed by atoms with van der Waals surface area (Å²) in [6.07, 6.45) is 6.99. The van der Waals surface area contributed by atoms with Gasteiger partial charge in [0.05, 0.1) is 14.2 Å². The first-order valence-electron chi connectivity index (χ1n) is 9.81. The maximum Gasteiger partial charge on any atom is 0.190 e. The largest absolute Gasteiger partial charge is 0.493 e. The molecular weight excluding hydrogens is 469 g/mol. The SMILES string of the molecule is CN=C(NCCCc1ccc(OC)c(OC)c1)NCC1(CCOC)CCC1.I. The molecule has 0 atom stereocenters. The second kappa shape index (κ2) is 13.1. The first kappa shape index (κ1) is 24.8. The molecule has 0 heterocycles. The van der Waals surface area contributed by atoms with Crippen LogP contribution in [0.4, 0.5) is 0 Å². The van der Waals surface area contributed by atoms with Crippen molar-refractivity contribution < 1.29 is 14.2 Å².